The second-order valence-electron chi connectivity index (χ2n) is 4.43. The van der Waals surface area contributed by atoms with Gasteiger partial charge in [-0.25, -0.2) is 0 Å². The monoisotopic (exact) mass is 284 g/mol. The van der Waals surface area contributed by atoms with Crippen LogP contribution in [0.4, 0.5) is 0 Å². The van der Waals surface area contributed by atoms with Gasteiger partial charge < -0.3 is 9.47 Å². The largest absolute Gasteiger partial charge is 0.436 e. The maximum absolute atomic E-state index is 10.9. The van der Waals surface area contributed by atoms with Crippen LogP contribution in [0.5, 0.6) is 0 Å². The van der Waals surface area contributed by atoms with E-state index in [4.69, 9.17) is 9.47 Å². The lowest BCUT2D eigenvalue weighted by molar-refractivity contribution is -0.193. The van der Waals surface area contributed by atoms with Crippen molar-refractivity contribution in [3.8, 4) is 23.7 Å². The summed E-state index contributed by atoms with van der Waals surface area (Å²) in [4.78, 5) is 10.9. The van der Waals surface area contributed by atoms with Crippen LogP contribution in [0.25, 0.3) is 0 Å². The number of allylic oxidation sites excluding steroid dienone is 5. The van der Waals surface area contributed by atoms with E-state index in [1.165, 1.54) is 6.92 Å². The van der Waals surface area contributed by atoms with Crippen molar-refractivity contribution in [1.29, 1.82) is 0 Å². The van der Waals surface area contributed by atoms with Gasteiger partial charge in [0.25, 0.3) is 0 Å². The average molecular weight is 284 g/mol. The SMILES string of the molecule is CC=CC#CC#CC=CC=CC1CCCC(OC(C)=O)O1. The molecule has 0 aromatic heterocycles. The Labute approximate surface area is 126 Å². The molecule has 21 heavy (non-hydrogen) atoms. The molecule has 1 rings (SSSR count). The number of hydrogen-bond acceptors (Lipinski definition) is 3. The van der Waals surface area contributed by atoms with Crippen molar-refractivity contribution in [1.82, 2.24) is 0 Å². The predicted molar refractivity (Wildman–Crippen MR) is 82.9 cm³/mol. The van der Waals surface area contributed by atoms with Gasteiger partial charge >= 0.3 is 5.97 Å². The van der Waals surface area contributed by atoms with Crippen molar-refractivity contribution in [2.24, 2.45) is 0 Å². The molecule has 1 fully saturated rings. The smallest absolute Gasteiger partial charge is 0.304 e. The highest BCUT2D eigenvalue weighted by atomic mass is 16.7. The topological polar surface area (TPSA) is 35.5 Å². The van der Waals surface area contributed by atoms with Crippen molar-refractivity contribution in [3.63, 3.8) is 0 Å². The van der Waals surface area contributed by atoms with E-state index in [0.29, 0.717) is 0 Å². The van der Waals surface area contributed by atoms with E-state index in [0.717, 1.165) is 19.3 Å². The van der Waals surface area contributed by atoms with E-state index in [9.17, 15) is 4.79 Å². The van der Waals surface area contributed by atoms with E-state index in [2.05, 4.69) is 23.7 Å². The molecule has 0 saturated carbocycles. The van der Waals surface area contributed by atoms with Crippen LogP contribution in [-0.2, 0) is 14.3 Å². The second kappa shape index (κ2) is 10.5. The Hall–Kier alpha value is -2.23. The molecule has 0 spiro atoms. The minimum atomic E-state index is -0.420. The summed E-state index contributed by atoms with van der Waals surface area (Å²) in [6.07, 6.45) is 13.2. The Bertz CT molecular complexity index is 532. The maximum Gasteiger partial charge on any atom is 0.304 e. The first-order chi connectivity index (χ1) is 10.2. The fourth-order valence-corrected chi connectivity index (χ4v) is 1.76. The summed E-state index contributed by atoms with van der Waals surface area (Å²) in [6, 6.07) is 0. The third kappa shape index (κ3) is 8.52. The van der Waals surface area contributed by atoms with Crippen LogP contribution in [0.2, 0.25) is 0 Å². The molecule has 2 atom stereocenters. The highest BCUT2D eigenvalue weighted by Crippen LogP contribution is 2.20. The average Bonchev–Trinajstić information content (AvgIpc) is 2.45. The van der Waals surface area contributed by atoms with Gasteiger partial charge in [-0.15, -0.1) is 0 Å². The molecule has 0 aromatic rings. The standard InChI is InChI=1S/C18H20O3/c1-3-4-5-6-7-8-9-10-11-13-17-14-12-15-18(21-17)20-16(2)19/h3-4,9-11,13,17-18H,12,14-15H2,1-2H3. The minimum Gasteiger partial charge on any atom is -0.436 e. The third-order valence-corrected chi connectivity index (χ3v) is 2.63. The Morgan fingerprint density at radius 3 is 2.67 bits per heavy atom. The lowest BCUT2D eigenvalue weighted by Gasteiger charge is -2.27. The van der Waals surface area contributed by atoms with E-state index < -0.39 is 6.29 Å². The molecule has 1 aliphatic heterocycles. The number of carbonyl (C=O) groups is 1. The number of esters is 1. The second-order valence-corrected chi connectivity index (χ2v) is 4.43. The van der Waals surface area contributed by atoms with Crippen molar-refractivity contribution in [2.45, 2.75) is 45.5 Å². The van der Waals surface area contributed by atoms with Crippen LogP contribution < -0.4 is 0 Å². The minimum absolute atomic E-state index is 0.0183. The first-order valence-electron chi connectivity index (χ1n) is 7.00. The van der Waals surface area contributed by atoms with Crippen molar-refractivity contribution in [2.75, 3.05) is 0 Å². The molecule has 0 aromatic carbocycles. The molecule has 110 valence electrons. The summed E-state index contributed by atoms with van der Waals surface area (Å²) >= 11 is 0. The molecule has 1 saturated heterocycles. The Morgan fingerprint density at radius 1 is 1.19 bits per heavy atom. The summed E-state index contributed by atoms with van der Waals surface area (Å²) in [7, 11) is 0. The lowest BCUT2D eigenvalue weighted by atomic mass is 10.1. The van der Waals surface area contributed by atoms with Gasteiger partial charge in [0.1, 0.15) is 0 Å². The van der Waals surface area contributed by atoms with Crippen LogP contribution in [0.1, 0.15) is 33.1 Å². The zero-order valence-corrected chi connectivity index (χ0v) is 12.5. The first kappa shape index (κ1) is 16.8. The number of ether oxygens (including phenoxy) is 2. The van der Waals surface area contributed by atoms with Crippen LogP contribution >= 0.6 is 0 Å². The van der Waals surface area contributed by atoms with E-state index in [1.54, 1.807) is 12.2 Å². The molecule has 1 heterocycles. The van der Waals surface area contributed by atoms with Gasteiger partial charge in [-0.3, -0.25) is 4.79 Å². The van der Waals surface area contributed by atoms with Gasteiger partial charge in [0.15, 0.2) is 0 Å². The van der Waals surface area contributed by atoms with E-state index in [1.807, 2.05) is 31.2 Å². The molecule has 2 unspecified atom stereocenters. The van der Waals surface area contributed by atoms with Crippen molar-refractivity contribution >= 4 is 5.97 Å². The summed E-state index contributed by atoms with van der Waals surface area (Å²) in [6.45, 7) is 3.30. The summed E-state index contributed by atoms with van der Waals surface area (Å²) in [5.74, 6) is 10.7. The third-order valence-electron chi connectivity index (χ3n) is 2.63. The van der Waals surface area contributed by atoms with Gasteiger partial charge in [-0.1, -0.05) is 36.1 Å². The van der Waals surface area contributed by atoms with Crippen LogP contribution in [-0.4, -0.2) is 18.4 Å². The Kier molecular flexibility index (Phi) is 8.45. The van der Waals surface area contributed by atoms with Crippen LogP contribution in [0.3, 0.4) is 0 Å². The highest BCUT2D eigenvalue weighted by Gasteiger charge is 2.22. The van der Waals surface area contributed by atoms with Crippen molar-refractivity contribution < 1.29 is 14.3 Å². The molecule has 0 N–H and O–H groups in total. The Balaban J connectivity index is 2.35. The van der Waals surface area contributed by atoms with Gasteiger partial charge in [-0.05, 0) is 43.8 Å². The molecular formula is C18H20O3. The van der Waals surface area contributed by atoms with Gasteiger partial charge in [0.05, 0.1) is 6.10 Å². The van der Waals surface area contributed by atoms with Crippen LogP contribution in [0.15, 0.2) is 36.5 Å². The molecular weight excluding hydrogens is 264 g/mol. The summed E-state index contributed by atoms with van der Waals surface area (Å²) < 4.78 is 10.7. The van der Waals surface area contributed by atoms with Gasteiger partial charge in [-0.2, -0.15) is 0 Å². The van der Waals surface area contributed by atoms with E-state index >= 15 is 0 Å². The number of hydrogen-bond donors (Lipinski definition) is 0. The zero-order valence-electron chi connectivity index (χ0n) is 12.5. The zero-order chi connectivity index (χ0) is 15.3. The summed E-state index contributed by atoms with van der Waals surface area (Å²) in [5, 5.41) is 0. The number of carbonyl (C=O) groups excluding carboxylic acids is 1. The predicted octanol–water partition coefficient (Wildman–Crippen LogP) is 3.14. The Morgan fingerprint density at radius 2 is 1.95 bits per heavy atom. The van der Waals surface area contributed by atoms with Gasteiger partial charge in [0.2, 0.25) is 6.29 Å². The normalized spacial score (nSPS) is 21.8. The van der Waals surface area contributed by atoms with Gasteiger partial charge in [0, 0.05) is 13.3 Å². The molecule has 0 aliphatic carbocycles. The molecule has 0 amide bonds. The maximum atomic E-state index is 10.9. The van der Waals surface area contributed by atoms with Crippen molar-refractivity contribution in [3.05, 3.63) is 36.5 Å². The molecule has 3 heteroatoms. The van der Waals surface area contributed by atoms with E-state index in [-0.39, 0.29) is 12.1 Å². The lowest BCUT2D eigenvalue weighted by Crippen LogP contribution is -2.29. The molecule has 0 radical (unpaired) electrons. The molecule has 3 nitrogen and oxygen atoms in total. The molecule has 0 bridgehead atoms. The highest BCUT2D eigenvalue weighted by molar-refractivity contribution is 5.66. The quantitative estimate of drug-likeness (QED) is 0.454. The molecule has 1 aliphatic rings. The summed E-state index contributed by atoms with van der Waals surface area (Å²) in [5.41, 5.74) is 0. The first-order valence-corrected chi connectivity index (χ1v) is 7.00. The number of rotatable bonds is 3. The fourth-order valence-electron chi connectivity index (χ4n) is 1.76. The fraction of sp³-hybridized carbons (Fsp3) is 0.389. The van der Waals surface area contributed by atoms with Crippen LogP contribution in [0, 0.1) is 23.7 Å².